The van der Waals surface area contributed by atoms with E-state index in [-0.39, 0.29) is 17.2 Å². The first-order valence-electron chi connectivity index (χ1n) is 7.75. The molecule has 0 aliphatic rings. The van der Waals surface area contributed by atoms with Gasteiger partial charge in [-0.05, 0) is 35.9 Å². The second kappa shape index (κ2) is 8.11. The highest BCUT2D eigenvalue weighted by Gasteiger charge is 2.10. The summed E-state index contributed by atoms with van der Waals surface area (Å²) in [7, 11) is 0. The van der Waals surface area contributed by atoms with Crippen molar-refractivity contribution in [2.24, 2.45) is 5.10 Å². The van der Waals surface area contributed by atoms with Crippen LogP contribution in [0.1, 0.15) is 21.6 Å². The Kier molecular flexibility index (Phi) is 5.63. The Labute approximate surface area is 164 Å². The third-order valence-electron chi connectivity index (χ3n) is 3.60. The van der Waals surface area contributed by atoms with Gasteiger partial charge in [-0.1, -0.05) is 29.3 Å². The smallest absolute Gasteiger partial charge is 0.291 e. The summed E-state index contributed by atoms with van der Waals surface area (Å²) in [5.74, 6) is -0.734. The van der Waals surface area contributed by atoms with E-state index < -0.39 is 5.91 Å². The maximum atomic E-state index is 12.1. The molecule has 0 spiro atoms. The van der Waals surface area contributed by atoms with Gasteiger partial charge in [-0.25, -0.2) is 5.43 Å². The van der Waals surface area contributed by atoms with Crippen molar-refractivity contribution in [2.75, 3.05) is 0 Å². The molecule has 1 heterocycles. The fraction of sp³-hybridized carbons (Fsp3) is 0.0556. The lowest BCUT2D eigenvalue weighted by Crippen LogP contribution is -2.18. The lowest BCUT2D eigenvalue weighted by Gasteiger charge is -2.05. The monoisotopic (exact) mass is 404 g/mol. The minimum atomic E-state index is -0.509. The number of carbonyl (C=O) groups excluding carboxylic acids is 1. The number of amides is 1. The number of benzene rings is 2. The minimum absolute atomic E-state index is 0.0694. The van der Waals surface area contributed by atoms with Crippen LogP contribution in [0.4, 0.5) is 0 Å². The number of carbonyl (C=O) groups is 1. The van der Waals surface area contributed by atoms with Crippen LogP contribution in [0.5, 0.6) is 11.5 Å². The van der Waals surface area contributed by atoms with Gasteiger partial charge in [0.25, 0.3) is 5.91 Å². The van der Waals surface area contributed by atoms with Crippen molar-refractivity contribution in [1.29, 1.82) is 0 Å². The molecular formula is C18H14Cl2N4O3. The summed E-state index contributed by atoms with van der Waals surface area (Å²) in [4.78, 5) is 12.1. The zero-order valence-electron chi connectivity index (χ0n) is 13.8. The van der Waals surface area contributed by atoms with Gasteiger partial charge in [0.05, 0.1) is 12.8 Å². The number of aromatic nitrogens is 2. The van der Waals surface area contributed by atoms with E-state index >= 15 is 0 Å². The van der Waals surface area contributed by atoms with Gasteiger partial charge in [0.1, 0.15) is 11.5 Å². The lowest BCUT2D eigenvalue weighted by atomic mass is 10.2. The van der Waals surface area contributed by atoms with Crippen LogP contribution in [-0.4, -0.2) is 32.1 Å². The molecule has 1 aromatic heterocycles. The van der Waals surface area contributed by atoms with E-state index in [0.717, 1.165) is 5.56 Å². The minimum Gasteiger partial charge on any atom is -0.508 e. The van der Waals surface area contributed by atoms with Crippen LogP contribution >= 0.6 is 23.2 Å². The van der Waals surface area contributed by atoms with Crippen molar-refractivity contribution in [3.63, 3.8) is 0 Å². The maximum Gasteiger partial charge on any atom is 0.291 e. The molecule has 9 heteroatoms. The molecule has 0 saturated carbocycles. The molecule has 1 amide bonds. The Bertz CT molecular complexity index is 1020. The van der Waals surface area contributed by atoms with E-state index in [1.807, 2.05) is 0 Å². The van der Waals surface area contributed by atoms with Crippen molar-refractivity contribution in [1.82, 2.24) is 15.2 Å². The second-order valence-corrected chi connectivity index (χ2v) is 6.42. The Morgan fingerprint density at radius 1 is 1.19 bits per heavy atom. The number of hydrazone groups is 1. The molecule has 0 aliphatic heterocycles. The highest BCUT2D eigenvalue weighted by Crippen LogP contribution is 2.22. The number of nitrogens with zero attached hydrogens (tertiary/aromatic N) is 3. The van der Waals surface area contributed by atoms with Crippen molar-refractivity contribution >= 4 is 35.3 Å². The molecular weight excluding hydrogens is 391 g/mol. The van der Waals surface area contributed by atoms with Crippen molar-refractivity contribution < 1.29 is 15.0 Å². The summed E-state index contributed by atoms with van der Waals surface area (Å²) in [6, 6.07) is 10.7. The first-order chi connectivity index (χ1) is 12.9. The number of phenolic OH excluding ortho intramolecular Hbond substituents is 2. The SMILES string of the molecule is O=C(NN=Cc1ccc(O)cc1O)c1ccn(Cc2ccc(Cl)cc2Cl)n1. The Balaban J connectivity index is 1.63. The van der Waals surface area contributed by atoms with Crippen molar-refractivity contribution in [3.05, 3.63) is 75.5 Å². The van der Waals surface area contributed by atoms with Crippen LogP contribution < -0.4 is 5.43 Å². The number of hydrogen-bond acceptors (Lipinski definition) is 5. The highest BCUT2D eigenvalue weighted by molar-refractivity contribution is 6.35. The summed E-state index contributed by atoms with van der Waals surface area (Å²) in [5, 5.41) is 27.9. The van der Waals surface area contributed by atoms with Crippen LogP contribution in [-0.2, 0) is 6.54 Å². The van der Waals surface area contributed by atoms with E-state index in [9.17, 15) is 15.0 Å². The van der Waals surface area contributed by atoms with Crippen LogP contribution in [0.25, 0.3) is 0 Å². The zero-order valence-corrected chi connectivity index (χ0v) is 15.3. The molecule has 0 unspecified atom stereocenters. The molecule has 3 rings (SSSR count). The summed E-state index contributed by atoms with van der Waals surface area (Å²) in [5.41, 5.74) is 3.66. The van der Waals surface area contributed by atoms with Gasteiger partial charge >= 0.3 is 0 Å². The van der Waals surface area contributed by atoms with Gasteiger partial charge in [0, 0.05) is 27.9 Å². The third-order valence-corrected chi connectivity index (χ3v) is 4.19. The van der Waals surface area contributed by atoms with Crippen LogP contribution in [0.15, 0.2) is 53.8 Å². The molecule has 0 aliphatic carbocycles. The van der Waals surface area contributed by atoms with Gasteiger partial charge in [0.2, 0.25) is 0 Å². The van der Waals surface area contributed by atoms with E-state index in [1.165, 1.54) is 24.4 Å². The molecule has 0 bridgehead atoms. The van der Waals surface area contributed by atoms with Gasteiger partial charge in [-0.3, -0.25) is 9.48 Å². The molecule has 3 N–H and O–H groups in total. The zero-order chi connectivity index (χ0) is 19.4. The number of halogens is 2. The van der Waals surface area contributed by atoms with E-state index in [4.69, 9.17) is 23.2 Å². The Hall–Kier alpha value is -3.03. The van der Waals surface area contributed by atoms with Crippen LogP contribution in [0, 0.1) is 0 Å². The molecule has 138 valence electrons. The average Bonchev–Trinajstić information content (AvgIpc) is 3.08. The average molecular weight is 405 g/mol. The van der Waals surface area contributed by atoms with Crippen LogP contribution in [0.3, 0.4) is 0 Å². The first kappa shape index (κ1) is 18.8. The lowest BCUT2D eigenvalue weighted by molar-refractivity contribution is 0.0949. The first-order valence-corrected chi connectivity index (χ1v) is 8.51. The molecule has 0 radical (unpaired) electrons. The summed E-state index contributed by atoms with van der Waals surface area (Å²) in [6.45, 7) is 0.383. The number of aromatic hydroxyl groups is 2. The largest absolute Gasteiger partial charge is 0.508 e. The maximum absolute atomic E-state index is 12.1. The third kappa shape index (κ3) is 4.78. The fourth-order valence-corrected chi connectivity index (χ4v) is 2.72. The van der Waals surface area contributed by atoms with Gasteiger partial charge < -0.3 is 10.2 Å². The predicted octanol–water partition coefficient (Wildman–Crippen LogP) is 3.41. The molecule has 2 aromatic carbocycles. The fourth-order valence-electron chi connectivity index (χ4n) is 2.25. The molecule has 3 aromatic rings. The van der Waals surface area contributed by atoms with Gasteiger partial charge in [-0.2, -0.15) is 10.2 Å². The quantitative estimate of drug-likeness (QED) is 0.448. The molecule has 7 nitrogen and oxygen atoms in total. The van der Waals surface area contributed by atoms with Crippen molar-refractivity contribution in [2.45, 2.75) is 6.54 Å². The standard InChI is InChI=1S/C18H14Cl2N4O3/c19-13-3-1-12(15(20)7-13)10-24-6-5-16(23-24)18(27)22-21-9-11-2-4-14(25)8-17(11)26/h1-9,25-26H,10H2,(H,22,27). The number of phenols is 2. The predicted molar refractivity (Wildman–Crippen MR) is 103 cm³/mol. The normalized spacial score (nSPS) is 11.0. The molecule has 27 heavy (non-hydrogen) atoms. The topological polar surface area (TPSA) is 99.7 Å². The molecule has 0 saturated heterocycles. The number of hydrogen-bond donors (Lipinski definition) is 3. The summed E-state index contributed by atoms with van der Waals surface area (Å²) >= 11 is 12.0. The number of nitrogens with one attached hydrogen (secondary N) is 1. The second-order valence-electron chi connectivity index (χ2n) is 5.58. The Morgan fingerprint density at radius 3 is 2.74 bits per heavy atom. The Morgan fingerprint density at radius 2 is 2.00 bits per heavy atom. The molecule has 0 fully saturated rings. The van der Waals surface area contributed by atoms with Gasteiger partial charge in [-0.15, -0.1) is 0 Å². The van der Waals surface area contributed by atoms with E-state index in [1.54, 1.807) is 35.1 Å². The number of rotatable bonds is 5. The van der Waals surface area contributed by atoms with Crippen LogP contribution in [0.2, 0.25) is 10.0 Å². The van der Waals surface area contributed by atoms with Gasteiger partial charge in [0.15, 0.2) is 5.69 Å². The van der Waals surface area contributed by atoms with E-state index in [2.05, 4.69) is 15.6 Å². The van der Waals surface area contributed by atoms with E-state index in [0.29, 0.717) is 22.2 Å². The summed E-state index contributed by atoms with van der Waals surface area (Å²) in [6.07, 6.45) is 2.91. The highest BCUT2D eigenvalue weighted by atomic mass is 35.5. The van der Waals surface area contributed by atoms with Crippen molar-refractivity contribution in [3.8, 4) is 11.5 Å². The molecule has 0 atom stereocenters. The summed E-state index contributed by atoms with van der Waals surface area (Å²) < 4.78 is 1.57.